The number of benzene rings is 1. The van der Waals surface area contributed by atoms with Crippen LogP contribution in [0.4, 0.5) is 0 Å². The molecule has 1 rings (SSSR count). The number of nitrogens with zero attached hydrogens (tertiary/aromatic N) is 2. The summed E-state index contributed by atoms with van der Waals surface area (Å²) in [6.07, 6.45) is 0. The fourth-order valence-electron chi connectivity index (χ4n) is 1.58. The minimum Gasteiger partial charge on any atom is -0.481 e. The van der Waals surface area contributed by atoms with Gasteiger partial charge in [-0.1, -0.05) is 17.9 Å². The topological polar surface area (TPSA) is 18.5 Å². The van der Waals surface area contributed by atoms with Crippen LogP contribution < -0.4 is 9.47 Å². The van der Waals surface area contributed by atoms with Gasteiger partial charge in [0.2, 0.25) is 0 Å². The Bertz CT molecular complexity index is 579. The molecule has 1 aromatic rings. The molecule has 24 heavy (non-hydrogen) atoms. The lowest BCUT2D eigenvalue weighted by Crippen LogP contribution is -2.34. The van der Waals surface area contributed by atoms with Gasteiger partial charge in [0.05, 0.1) is 42.3 Å². The molecule has 0 saturated heterocycles. The van der Waals surface area contributed by atoms with Crippen LogP contribution >= 0.6 is 0 Å². The molecule has 4 nitrogen and oxygen atoms in total. The Morgan fingerprint density at radius 2 is 1.12 bits per heavy atom. The van der Waals surface area contributed by atoms with Crippen molar-refractivity contribution < 1.29 is 18.4 Å². The van der Waals surface area contributed by atoms with Crippen molar-refractivity contribution in [1.82, 2.24) is 0 Å². The predicted molar refractivity (Wildman–Crippen MR) is 98.8 cm³/mol. The smallest absolute Gasteiger partial charge is 0.149 e. The maximum Gasteiger partial charge on any atom is 0.149 e. The van der Waals surface area contributed by atoms with Crippen molar-refractivity contribution in [2.75, 3.05) is 68.6 Å². The number of hydrogen-bond acceptors (Lipinski definition) is 2. The van der Waals surface area contributed by atoms with Crippen molar-refractivity contribution in [2.45, 2.75) is 0 Å². The lowest BCUT2D eigenvalue weighted by atomic mass is 10.3. The van der Waals surface area contributed by atoms with Gasteiger partial charge in [-0.15, -0.1) is 0 Å². The van der Waals surface area contributed by atoms with E-state index in [9.17, 15) is 0 Å². The van der Waals surface area contributed by atoms with E-state index in [1.54, 1.807) is 0 Å². The first-order valence-corrected chi connectivity index (χ1v) is 8.04. The number of quaternary nitrogens is 2. The Morgan fingerprint density at radius 1 is 0.708 bits per heavy atom. The van der Waals surface area contributed by atoms with Gasteiger partial charge in [0.25, 0.3) is 0 Å². The summed E-state index contributed by atoms with van der Waals surface area (Å²) < 4.78 is 12.9. The van der Waals surface area contributed by atoms with Gasteiger partial charge in [-0.3, -0.25) is 0 Å². The highest BCUT2D eigenvalue weighted by Gasteiger charge is 2.02. The molecule has 0 bridgehead atoms. The van der Waals surface area contributed by atoms with Crippen molar-refractivity contribution in [3.63, 3.8) is 0 Å². The van der Waals surface area contributed by atoms with Crippen molar-refractivity contribution >= 4 is 0 Å². The average Bonchev–Trinajstić information content (AvgIpc) is 2.44. The lowest BCUT2D eigenvalue weighted by molar-refractivity contribution is -0.862. The molecule has 130 valence electrons. The molecular weight excluding hydrogens is 300 g/mol. The molecule has 0 spiro atoms. The molecule has 0 aliphatic heterocycles. The summed E-state index contributed by atoms with van der Waals surface area (Å²) >= 11 is 0. The van der Waals surface area contributed by atoms with Crippen molar-refractivity contribution in [3.8, 4) is 35.2 Å². The van der Waals surface area contributed by atoms with Gasteiger partial charge >= 0.3 is 0 Å². The van der Waals surface area contributed by atoms with Crippen LogP contribution in [0.2, 0.25) is 0 Å². The summed E-state index contributed by atoms with van der Waals surface area (Å²) in [6.45, 7) is 2.37. The molecule has 0 radical (unpaired) electrons. The third kappa shape index (κ3) is 10.6. The minimum atomic E-state index is 0.382. The van der Waals surface area contributed by atoms with Gasteiger partial charge in [0.1, 0.15) is 37.8 Å². The Labute approximate surface area is 147 Å². The normalized spacial score (nSPS) is 10.9. The first kappa shape index (κ1) is 19.9. The van der Waals surface area contributed by atoms with Gasteiger partial charge in [-0.25, -0.2) is 0 Å². The molecule has 0 heterocycles. The van der Waals surface area contributed by atoms with Gasteiger partial charge < -0.3 is 18.4 Å². The van der Waals surface area contributed by atoms with E-state index in [-0.39, 0.29) is 0 Å². The second kappa shape index (κ2) is 9.23. The van der Waals surface area contributed by atoms with Gasteiger partial charge in [-0.2, -0.15) is 0 Å². The second-order valence-corrected chi connectivity index (χ2v) is 7.66. The highest BCUT2D eigenvalue weighted by atomic mass is 16.5. The molecule has 0 saturated carbocycles. The molecule has 1 aromatic carbocycles. The first-order valence-electron chi connectivity index (χ1n) is 8.04. The van der Waals surface area contributed by atoms with Crippen LogP contribution in [-0.2, 0) is 0 Å². The number of rotatable bonds is 6. The van der Waals surface area contributed by atoms with E-state index in [0.717, 1.165) is 33.6 Å². The maximum absolute atomic E-state index is 5.63. The van der Waals surface area contributed by atoms with E-state index in [1.807, 2.05) is 24.3 Å². The summed E-state index contributed by atoms with van der Waals surface area (Å²) in [5.41, 5.74) is 0. The molecular formula is C20H30N2O2+2. The molecule has 4 heteroatoms. The van der Waals surface area contributed by atoms with E-state index in [1.165, 1.54) is 0 Å². The highest BCUT2D eigenvalue weighted by Crippen LogP contribution is 2.19. The Morgan fingerprint density at radius 3 is 1.50 bits per heavy atom. The van der Waals surface area contributed by atoms with Crippen molar-refractivity contribution in [1.29, 1.82) is 0 Å². The molecule has 0 fully saturated rings. The molecule has 0 aromatic heterocycles. The van der Waals surface area contributed by atoms with Crippen LogP contribution in [0.15, 0.2) is 24.3 Å². The molecule has 0 N–H and O–H groups in total. The van der Waals surface area contributed by atoms with Gasteiger partial charge in [0, 0.05) is 6.07 Å². The first-order chi connectivity index (χ1) is 11.2. The van der Waals surface area contributed by atoms with Gasteiger partial charge in [-0.05, 0) is 24.0 Å². The molecule has 0 unspecified atom stereocenters. The Kier molecular flexibility index (Phi) is 7.65. The van der Waals surface area contributed by atoms with E-state index in [0.29, 0.717) is 13.2 Å². The fraction of sp³-hybridized carbons (Fsp3) is 0.500. The zero-order chi connectivity index (χ0) is 18.1. The van der Waals surface area contributed by atoms with E-state index in [4.69, 9.17) is 9.47 Å². The van der Waals surface area contributed by atoms with Gasteiger partial charge in [0.15, 0.2) is 0 Å². The van der Waals surface area contributed by atoms with Crippen LogP contribution in [-0.4, -0.2) is 77.6 Å². The molecule has 0 aliphatic rings. The quantitative estimate of drug-likeness (QED) is 0.586. The zero-order valence-electron chi connectivity index (χ0n) is 15.8. The second-order valence-electron chi connectivity index (χ2n) is 7.66. The highest BCUT2D eigenvalue weighted by molar-refractivity contribution is 5.33. The van der Waals surface area contributed by atoms with E-state index < -0.39 is 0 Å². The summed E-state index contributed by atoms with van der Waals surface area (Å²) in [5.74, 6) is 13.8. The third-order valence-electron chi connectivity index (χ3n) is 2.78. The maximum atomic E-state index is 5.63. The largest absolute Gasteiger partial charge is 0.481 e. The molecule has 0 amide bonds. The zero-order valence-corrected chi connectivity index (χ0v) is 15.8. The summed E-state index contributed by atoms with van der Waals surface area (Å²) in [5, 5.41) is 0. The Balaban J connectivity index is 2.41. The van der Waals surface area contributed by atoms with Crippen molar-refractivity contribution in [2.24, 2.45) is 0 Å². The minimum absolute atomic E-state index is 0.382. The van der Waals surface area contributed by atoms with Crippen LogP contribution in [0.25, 0.3) is 0 Å². The van der Waals surface area contributed by atoms with Crippen LogP contribution in [0.5, 0.6) is 11.5 Å². The summed E-state index contributed by atoms with van der Waals surface area (Å²) in [7, 11) is 12.7. The van der Waals surface area contributed by atoms with Crippen LogP contribution in [0, 0.1) is 23.7 Å². The lowest BCUT2D eigenvalue weighted by Gasteiger charge is -2.20. The predicted octanol–water partition coefficient (Wildman–Crippen LogP) is 1.86. The fourth-order valence-corrected chi connectivity index (χ4v) is 1.58. The average molecular weight is 330 g/mol. The number of hydrogen-bond donors (Lipinski definition) is 0. The van der Waals surface area contributed by atoms with Crippen LogP contribution in [0.3, 0.4) is 0 Å². The SMILES string of the molecule is C[N+](C)(C)CC#CCOc1cccc(OCC#CC[N+](C)(C)C)c1. The van der Waals surface area contributed by atoms with E-state index >= 15 is 0 Å². The number of ether oxygens (including phenoxy) is 2. The third-order valence-corrected chi connectivity index (χ3v) is 2.78. The molecule has 0 atom stereocenters. The van der Waals surface area contributed by atoms with Crippen molar-refractivity contribution in [3.05, 3.63) is 24.3 Å². The summed E-state index contributed by atoms with van der Waals surface area (Å²) in [4.78, 5) is 0. The standard InChI is InChI=1S/C20H30N2O2/c1-21(2,3)14-7-9-16-23-19-12-11-13-20(18-19)24-17-10-8-15-22(4,5)6/h11-13,18H,14-17H2,1-6H3/q+2. The van der Waals surface area contributed by atoms with Crippen LogP contribution in [0.1, 0.15) is 0 Å². The van der Waals surface area contributed by atoms with E-state index in [2.05, 4.69) is 66.0 Å². The Hall–Kier alpha value is -2.14. The summed E-state index contributed by atoms with van der Waals surface area (Å²) in [6, 6.07) is 7.57. The monoisotopic (exact) mass is 330 g/mol. The molecule has 0 aliphatic carbocycles.